The van der Waals surface area contributed by atoms with Crippen LogP contribution in [0.2, 0.25) is 0 Å². The van der Waals surface area contributed by atoms with Gasteiger partial charge in [-0.3, -0.25) is 0 Å². The average molecular weight is 236 g/mol. The number of likely N-dealkylation sites (N-methyl/N-ethyl adjacent to an activating group) is 1. The van der Waals surface area contributed by atoms with Crippen molar-refractivity contribution >= 4 is 5.69 Å². The van der Waals surface area contributed by atoms with Crippen molar-refractivity contribution in [2.45, 2.75) is 32.4 Å². The molecule has 0 spiro atoms. The van der Waals surface area contributed by atoms with Gasteiger partial charge >= 0.3 is 0 Å². The van der Waals surface area contributed by atoms with Crippen LogP contribution >= 0.6 is 0 Å². The van der Waals surface area contributed by atoms with Gasteiger partial charge in [0.1, 0.15) is 0 Å². The van der Waals surface area contributed by atoms with Gasteiger partial charge in [0.05, 0.1) is 6.61 Å². The third kappa shape index (κ3) is 3.45. The highest BCUT2D eigenvalue weighted by Gasteiger charge is 2.15. The maximum absolute atomic E-state index is 6.15. The van der Waals surface area contributed by atoms with Gasteiger partial charge in [0.2, 0.25) is 0 Å². The van der Waals surface area contributed by atoms with Crippen LogP contribution in [0.4, 0.5) is 5.69 Å². The minimum atomic E-state index is 0.100. The van der Waals surface area contributed by atoms with E-state index in [9.17, 15) is 0 Å². The molecule has 0 bridgehead atoms. The number of anilines is 1. The first-order valence-corrected chi connectivity index (χ1v) is 6.18. The third-order valence-corrected chi connectivity index (χ3v) is 3.23. The molecule has 0 aliphatic heterocycles. The second-order valence-corrected chi connectivity index (χ2v) is 4.49. The fraction of sp³-hybridized carbons (Fsp3) is 0.571. The van der Waals surface area contributed by atoms with E-state index >= 15 is 0 Å². The van der Waals surface area contributed by atoms with Gasteiger partial charge in [0.15, 0.2) is 0 Å². The quantitative estimate of drug-likeness (QED) is 0.825. The minimum absolute atomic E-state index is 0.100. The fourth-order valence-corrected chi connectivity index (χ4v) is 1.93. The maximum Gasteiger partial charge on any atom is 0.0663 e. The highest BCUT2D eigenvalue weighted by Crippen LogP contribution is 2.27. The van der Waals surface area contributed by atoms with E-state index in [4.69, 9.17) is 10.5 Å². The SMILES string of the molecule is CC[C@H](N)c1ccccc1N(C)C(C)COC. The summed E-state index contributed by atoms with van der Waals surface area (Å²) in [6.07, 6.45) is 0.948. The fourth-order valence-electron chi connectivity index (χ4n) is 1.93. The molecule has 0 saturated heterocycles. The van der Waals surface area contributed by atoms with Gasteiger partial charge in [0, 0.05) is 31.9 Å². The van der Waals surface area contributed by atoms with Crippen molar-refractivity contribution in [2.24, 2.45) is 5.73 Å². The minimum Gasteiger partial charge on any atom is -0.383 e. The van der Waals surface area contributed by atoms with Crippen LogP contribution in [0, 0.1) is 0 Å². The maximum atomic E-state index is 6.15. The van der Waals surface area contributed by atoms with Gasteiger partial charge in [-0.15, -0.1) is 0 Å². The summed E-state index contributed by atoms with van der Waals surface area (Å²) in [4.78, 5) is 2.23. The number of hydrogen-bond acceptors (Lipinski definition) is 3. The zero-order valence-electron chi connectivity index (χ0n) is 11.3. The first kappa shape index (κ1) is 14.0. The number of para-hydroxylation sites is 1. The molecular formula is C14H24N2O. The molecule has 1 aromatic carbocycles. The van der Waals surface area contributed by atoms with E-state index in [1.807, 2.05) is 6.07 Å². The first-order chi connectivity index (χ1) is 8.11. The summed E-state index contributed by atoms with van der Waals surface area (Å²) >= 11 is 0. The summed E-state index contributed by atoms with van der Waals surface area (Å²) in [5.74, 6) is 0. The molecule has 2 N–H and O–H groups in total. The Bertz CT molecular complexity index is 341. The van der Waals surface area contributed by atoms with Crippen molar-refractivity contribution in [3.05, 3.63) is 29.8 Å². The van der Waals surface area contributed by atoms with E-state index in [0.29, 0.717) is 12.6 Å². The van der Waals surface area contributed by atoms with Crippen LogP contribution in [-0.2, 0) is 4.74 Å². The third-order valence-electron chi connectivity index (χ3n) is 3.23. The molecular weight excluding hydrogens is 212 g/mol. The molecule has 0 aromatic heterocycles. The van der Waals surface area contributed by atoms with E-state index in [0.717, 1.165) is 6.42 Å². The molecule has 0 radical (unpaired) electrons. The van der Waals surface area contributed by atoms with Crippen LogP contribution in [0.25, 0.3) is 0 Å². The van der Waals surface area contributed by atoms with E-state index in [1.54, 1.807) is 7.11 Å². The lowest BCUT2D eigenvalue weighted by Crippen LogP contribution is -2.33. The van der Waals surface area contributed by atoms with Crippen molar-refractivity contribution in [3.63, 3.8) is 0 Å². The van der Waals surface area contributed by atoms with Gasteiger partial charge in [0.25, 0.3) is 0 Å². The molecule has 1 unspecified atom stereocenters. The molecule has 0 aliphatic carbocycles. The second kappa shape index (κ2) is 6.62. The number of ether oxygens (including phenoxy) is 1. The zero-order valence-corrected chi connectivity index (χ0v) is 11.3. The predicted molar refractivity (Wildman–Crippen MR) is 73.4 cm³/mol. The van der Waals surface area contributed by atoms with Crippen LogP contribution in [-0.4, -0.2) is 26.8 Å². The molecule has 0 saturated carbocycles. The monoisotopic (exact) mass is 236 g/mol. The molecule has 0 amide bonds. The summed E-state index contributed by atoms with van der Waals surface area (Å²) in [6, 6.07) is 8.77. The highest BCUT2D eigenvalue weighted by atomic mass is 16.5. The van der Waals surface area contributed by atoms with E-state index < -0.39 is 0 Å². The van der Waals surface area contributed by atoms with Crippen LogP contribution in [0.15, 0.2) is 24.3 Å². The van der Waals surface area contributed by atoms with Crippen LogP contribution in [0.1, 0.15) is 31.9 Å². The Morgan fingerprint density at radius 1 is 1.35 bits per heavy atom. The summed E-state index contributed by atoms with van der Waals surface area (Å²) in [5, 5.41) is 0. The lowest BCUT2D eigenvalue weighted by molar-refractivity contribution is 0.183. The summed E-state index contributed by atoms with van der Waals surface area (Å²) in [6.45, 7) is 4.98. The Morgan fingerprint density at radius 2 is 2.00 bits per heavy atom. The molecule has 0 aliphatic rings. The van der Waals surface area contributed by atoms with Crippen molar-refractivity contribution in [1.82, 2.24) is 0 Å². The van der Waals surface area contributed by atoms with Gasteiger partial charge in [-0.1, -0.05) is 25.1 Å². The smallest absolute Gasteiger partial charge is 0.0663 e. The van der Waals surface area contributed by atoms with E-state index in [-0.39, 0.29) is 6.04 Å². The van der Waals surface area contributed by atoms with Crippen molar-refractivity contribution in [1.29, 1.82) is 0 Å². The second-order valence-electron chi connectivity index (χ2n) is 4.49. The van der Waals surface area contributed by atoms with Gasteiger partial charge < -0.3 is 15.4 Å². The summed E-state index contributed by atoms with van der Waals surface area (Å²) in [7, 11) is 3.82. The number of nitrogens with zero attached hydrogens (tertiary/aromatic N) is 1. The molecule has 96 valence electrons. The summed E-state index contributed by atoms with van der Waals surface area (Å²) in [5.41, 5.74) is 8.56. The Morgan fingerprint density at radius 3 is 2.59 bits per heavy atom. The van der Waals surface area contributed by atoms with Gasteiger partial charge in [-0.2, -0.15) is 0 Å². The van der Waals surface area contributed by atoms with Crippen molar-refractivity contribution < 1.29 is 4.74 Å². The molecule has 0 heterocycles. The molecule has 0 fully saturated rings. The average Bonchev–Trinajstić information content (AvgIpc) is 2.37. The summed E-state index contributed by atoms with van der Waals surface area (Å²) < 4.78 is 5.20. The Kier molecular flexibility index (Phi) is 5.45. The van der Waals surface area contributed by atoms with Crippen molar-refractivity contribution in [3.8, 4) is 0 Å². The lowest BCUT2D eigenvalue weighted by Gasteiger charge is -2.29. The molecule has 1 aromatic rings. The Hall–Kier alpha value is -1.06. The standard InChI is InChI=1S/C14H24N2O/c1-5-13(15)12-8-6-7-9-14(12)16(3)11(2)10-17-4/h6-9,11,13H,5,10,15H2,1-4H3/t11?,13-/m0/s1. The Balaban J connectivity index is 2.96. The van der Waals surface area contributed by atoms with Gasteiger partial charge in [-0.05, 0) is 25.0 Å². The number of benzene rings is 1. The van der Waals surface area contributed by atoms with E-state index in [1.165, 1.54) is 11.3 Å². The van der Waals surface area contributed by atoms with Gasteiger partial charge in [-0.25, -0.2) is 0 Å². The normalized spacial score (nSPS) is 14.4. The Labute approximate surface area is 105 Å². The van der Waals surface area contributed by atoms with Crippen LogP contribution in [0.3, 0.4) is 0 Å². The molecule has 2 atom stereocenters. The molecule has 1 rings (SSSR count). The largest absolute Gasteiger partial charge is 0.383 e. The molecule has 3 heteroatoms. The number of nitrogens with two attached hydrogens (primary N) is 1. The molecule has 3 nitrogen and oxygen atoms in total. The van der Waals surface area contributed by atoms with Crippen LogP contribution < -0.4 is 10.6 Å². The lowest BCUT2D eigenvalue weighted by atomic mass is 10.0. The van der Waals surface area contributed by atoms with Crippen LogP contribution in [0.5, 0.6) is 0 Å². The first-order valence-electron chi connectivity index (χ1n) is 6.18. The topological polar surface area (TPSA) is 38.5 Å². The molecule has 17 heavy (non-hydrogen) atoms. The zero-order chi connectivity index (χ0) is 12.8. The number of hydrogen-bond donors (Lipinski definition) is 1. The number of methoxy groups -OCH3 is 1. The highest BCUT2D eigenvalue weighted by molar-refractivity contribution is 5.55. The van der Waals surface area contributed by atoms with Crippen molar-refractivity contribution in [2.75, 3.05) is 25.7 Å². The number of rotatable bonds is 6. The predicted octanol–water partition coefficient (Wildman–Crippen LogP) is 2.57. The van der Waals surface area contributed by atoms with E-state index in [2.05, 4.69) is 44.0 Å².